The quantitative estimate of drug-likeness (QED) is 0.816. The van der Waals surface area contributed by atoms with Gasteiger partial charge in [0.25, 0.3) is 0 Å². The predicted molar refractivity (Wildman–Crippen MR) is 57.8 cm³/mol. The van der Waals surface area contributed by atoms with Crippen molar-refractivity contribution < 1.29 is 17.9 Å². The fourth-order valence-corrected chi connectivity index (χ4v) is 2.34. The molecule has 6 heteroatoms. The molecular formula is C10H14FNO3S. The highest BCUT2D eigenvalue weighted by atomic mass is 32.2. The first-order valence-corrected chi connectivity index (χ1v) is 6.38. The molecule has 1 aromatic rings. The molecule has 90 valence electrons. The average Bonchev–Trinajstić information content (AvgIpc) is 2.27. The zero-order valence-electron chi connectivity index (χ0n) is 8.90. The van der Waals surface area contributed by atoms with Gasteiger partial charge < -0.3 is 5.11 Å². The van der Waals surface area contributed by atoms with Crippen LogP contribution in [0.1, 0.15) is 18.9 Å². The van der Waals surface area contributed by atoms with Crippen LogP contribution in [-0.4, -0.2) is 20.1 Å². The molecule has 0 heterocycles. The van der Waals surface area contributed by atoms with Crippen molar-refractivity contribution in [2.45, 2.75) is 24.8 Å². The molecule has 0 saturated carbocycles. The Morgan fingerprint density at radius 1 is 1.44 bits per heavy atom. The summed E-state index contributed by atoms with van der Waals surface area (Å²) in [4.78, 5) is -0.0357. The number of hydrogen-bond acceptors (Lipinski definition) is 3. The van der Waals surface area contributed by atoms with E-state index in [1.807, 2.05) is 6.92 Å². The highest BCUT2D eigenvalue weighted by Gasteiger charge is 2.14. The maximum atomic E-state index is 13.0. The van der Waals surface area contributed by atoms with Crippen LogP contribution in [0.25, 0.3) is 0 Å². The lowest BCUT2D eigenvalue weighted by atomic mass is 10.2. The molecule has 1 rings (SSSR count). The van der Waals surface area contributed by atoms with Crippen molar-refractivity contribution in [3.63, 3.8) is 0 Å². The fourth-order valence-electron chi connectivity index (χ4n) is 1.16. The first-order valence-electron chi connectivity index (χ1n) is 4.90. The number of halogens is 1. The van der Waals surface area contributed by atoms with E-state index in [2.05, 4.69) is 4.72 Å². The molecule has 0 aliphatic carbocycles. The Hall–Kier alpha value is -0.980. The van der Waals surface area contributed by atoms with Crippen molar-refractivity contribution >= 4 is 10.0 Å². The summed E-state index contributed by atoms with van der Waals surface area (Å²) in [5.74, 6) is -0.614. The molecule has 0 unspecified atom stereocenters. The minimum absolute atomic E-state index is 0.0284. The molecule has 0 fully saturated rings. The second-order valence-corrected chi connectivity index (χ2v) is 5.08. The number of aliphatic hydroxyl groups excluding tert-OH is 1. The highest BCUT2D eigenvalue weighted by Crippen LogP contribution is 2.14. The van der Waals surface area contributed by atoms with E-state index in [-0.39, 0.29) is 10.5 Å². The summed E-state index contributed by atoms with van der Waals surface area (Å²) in [6, 6.07) is 3.34. The predicted octanol–water partition coefficient (Wildman–Crippen LogP) is 1.01. The second-order valence-electron chi connectivity index (χ2n) is 3.31. The van der Waals surface area contributed by atoms with Crippen LogP contribution in [0.15, 0.2) is 23.1 Å². The first-order chi connectivity index (χ1) is 7.51. The topological polar surface area (TPSA) is 66.4 Å². The van der Waals surface area contributed by atoms with Crippen LogP contribution < -0.4 is 4.72 Å². The third-order valence-electron chi connectivity index (χ3n) is 2.04. The first kappa shape index (κ1) is 13.1. The van der Waals surface area contributed by atoms with Gasteiger partial charge in [0.05, 0.1) is 11.5 Å². The number of benzene rings is 1. The Morgan fingerprint density at radius 3 is 2.69 bits per heavy atom. The average molecular weight is 247 g/mol. The summed E-state index contributed by atoms with van der Waals surface area (Å²) >= 11 is 0. The van der Waals surface area contributed by atoms with Gasteiger partial charge in [-0.1, -0.05) is 6.92 Å². The third-order valence-corrected chi connectivity index (χ3v) is 3.50. The number of hydrogen-bond donors (Lipinski definition) is 2. The monoisotopic (exact) mass is 247 g/mol. The molecular weight excluding hydrogens is 233 g/mol. The van der Waals surface area contributed by atoms with E-state index >= 15 is 0 Å². The lowest BCUT2D eigenvalue weighted by Crippen LogP contribution is -2.24. The maximum absolute atomic E-state index is 13.0. The summed E-state index contributed by atoms with van der Waals surface area (Å²) in [6.45, 7) is 1.64. The van der Waals surface area contributed by atoms with Crippen molar-refractivity contribution in [3.8, 4) is 0 Å². The molecule has 16 heavy (non-hydrogen) atoms. The molecule has 2 N–H and O–H groups in total. The van der Waals surface area contributed by atoms with Gasteiger partial charge in [-0.25, -0.2) is 17.5 Å². The molecule has 0 radical (unpaired) electrons. The summed E-state index contributed by atoms with van der Waals surface area (Å²) in [6.07, 6.45) is 0.674. The molecule has 0 aromatic heterocycles. The van der Waals surface area contributed by atoms with Crippen LogP contribution in [-0.2, 0) is 16.6 Å². The molecule has 0 aliphatic heterocycles. The third kappa shape index (κ3) is 3.01. The van der Waals surface area contributed by atoms with Gasteiger partial charge in [-0.15, -0.1) is 0 Å². The maximum Gasteiger partial charge on any atom is 0.240 e. The molecule has 4 nitrogen and oxygen atoms in total. The smallest absolute Gasteiger partial charge is 0.240 e. The van der Waals surface area contributed by atoms with E-state index in [9.17, 15) is 12.8 Å². The Kier molecular flexibility index (Phi) is 4.40. The number of aliphatic hydroxyl groups is 1. The van der Waals surface area contributed by atoms with E-state index in [1.54, 1.807) is 0 Å². The molecule has 0 aliphatic rings. The van der Waals surface area contributed by atoms with E-state index < -0.39 is 22.4 Å². The van der Waals surface area contributed by atoms with E-state index in [4.69, 9.17) is 5.11 Å². The lowest BCUT2D eigenvalue weighted by molar-refractivity contribution is 0.275. The number of rotatable bonds is 5. The number of sulfonamides is 1. The van der Waals surface area contributed by atoms with E-state index in [1.165, 1.54) is 6.07 Å². The van der Waals surface area contributed by atoms with Crippen molar-refractivity contribution in [2.24, 2.45) is 0 Å². The van der Waals surface area contributed by atoms with Crippen LogP contribution in [0.4, 0.5) is 4.39 Å². The van der Waals surface area contributed by atoms with Crippen molar-refractivity contribution in [1.29, 1.82) is 0 Å². The van der Waals surface area contributed by atoms with Crippen molar-refractivity contribution in [3.05, 3.63) is 29.6 Å². The summed E-state index contributed by atoms with van der Waals surface area (Å²) in [7, 11) is -3.60. The van der Waals surface area contributed by atoms with Gasteiger partial charge in [0.1, 0.15) is 5.82 Å². The molecule has 1 aromatic carbocycles. The largest absolute Gasteiger partial charge is 0.392 e. The van der Waals surface area contributed by atoms with Gasteiger partial charge >= 0.3 is 0 Å². The van der Waals surface area contributed by atoms with Crippen LogP contribution >= 0.6 is 0 Å². The van der Waals surface area contributed by atoms with Crippen LogP contribution in [0.3, 0.4) is 0 Å². The second kappa shape index (κ2) is 5.38. The van der Waals surface area contributed by atoms with Crippen molar-refractivity contribution in [1.82, 2.24) is 4.72 Å². The van der Waals surface area contributed by atoms with E-state index in [0.29, 0.717) is 13.0 Å². The van der Waals surface area contributed by atoms with Crippen LogP contribution in [0.2, 0.25) is 0 Å². The summed E-state index contributed by atoms with van der Waals surface area (Å²) in [5.41, 5.74) is -0.0284. The van der Waals surface area contributed by atoms with Gasteiger partial charge in [0.15, 0.2) is 0 Å². The Labute approximate surface area is 94.2 Å². The van der Waals surface area contributed by atoms with Crippen molar-refractivity contribution in [2.75, 3.05) is 6.54 Å². The van der Waals surface area contributed by atoms with Gasteiger partial charge in [0.2, 0.25) is 10.0 Å². The van der Waals surface area contributed by atoms with Gasteiger partial charge in [-0.2, -0.15) is 0 Å². The Balaban J connectivity index is 3.04. The standard InChI is InChI=1S/C10H14FNO3S/c1-2-5-12-16(14,15)9-3-4-10(11)8(6-9)7-13/h3-4,6,12-13H,2,5,7H2,1H3. The molecule has 0 amide bonds. The van der Waals surface area contributed by atoms with Gasteiger partial charge in [-0.3, -0.25) is 0 Å². The normalized spacial score (nSPS) is 11.7. The summed E-state index contributed by atoms with van der Waals surface area (Å²) in [5, 5.41) is 8.83. The van der Waals surface area contributed by atoms with Crippen LogP contribution in [0, 0.1) is 5.82 Å². The minimum atomic E-state index is -3.60. The molecule has 0 bridgehead atoms. The highest BCUT2D eigenvalue weighted by molar-refractivity contribution is 7.89. The molecule has 0 atom stereocenters. The Morgan fingerprint density at radius 2 is 2.12 bits per heavy atom. The van der Waals surface area contributed by atoms with Gasteiger partial charge in [0, 0.05) is 12.1 Å². The molecule has 0 saturated heterocycles. The minimum Gasteiger partial charge on any atom is -0.392 e. The Bertz CT molecular complexity index is 459. The zero-order chi connectivity index (χ0) is 12.2. The molecule has 0 spiro atoms. The fraction of sp³-hybridized carbons (Fsp3) is 0.400. The number of nitrogens with one attached hydrogen (secondary N) is 1. The zero-order valence-corrected chi connectivity index (χ0v) is 9.72. The van der Waals surface area contributed by atoms with Gasteiger partial charge in [-0.05, 0) is 24.6 Å². The van der Waals surface area contributed by atoms with E-state index in [0.717, 1.165) is 12.1 Å². The SMILES string of the molecule is CCCNS(=O)(=O)c1ccc(F)c(CO)c1. The summed E-state index contributed by atoms with van der Waals surface area (Å²) < 4.78 is 38.7. The lowest BCUT2D eigenvalue weighted by Gasteiger charge is -2.07. The van der Waals surface area contributed by atoms with Crippen LogP contribution in [0.5, 0.6) is 0 Å².